The van der Waals surface area contributed by atoms with E-state index in [0.29, 0.717) is 6.61 Å². The first kappa shape index (κ1) is 22.6. The molecule has 1 saturated heterocycles. The van der Waals surface area contributed by atoms with Crippen LogP contribution in [0.1, 0.15) is 78.3 Å². The third-order valence-corrected chi connectivity index (χ3v) is 5.63. The smallest absolute Gasteiger partial charge is 0.407 e. The highest BCUT2D eigenvalue weighted by Gasteiger charge is 2.33. The number of alkyl carbamates (subject to hydrolysis) is 1. The van der Waals surface area contributed by atoms with E-state index in [9.17, 15) is 9.59 Å². The normalized spacial score (nSPS) is 24.7. The third-order valence-electron chi connectivity index (χ3n) is 5.63. The van der Waals surface area contributed by atoms with Gasteiger partial charge in [-0.2, -0.15) is 5.10 Å². The van der Waals surface area contributed by atoms with Gasteiger partial charge < -0.3 is 20.1 Å². The number of carbonyl (C=O) groups excluding carboxylic acids is 2. The van der Waals surface area contributed by atoms with Crippen LogP contribution in [-0.4, -0.2) is 47.1 Å². The molecule has 3 rings (SSSR count). The molecule has 1 saturated carbocycles. The molecule has 1 aliphatic heterocycles. The fourth-order valence-electron chi connectivity index (χ4n) is 4.11. The second kappa shape index (κ2) is 9.37. The zero-order valence-electron chi connectivity index (χ0n) is 18.9. The second-order valence-corrected chi connectivity index (χ2v) is 9.78. The summed E-state index contributed by atoms with van der Waals surface area (Å²) in [6.07, 6.45) is 3.77. The molecule has 3 atom stereocenters. The lowest BCUT2D eigenvalue weighted by Gasteiger charge is -2.25. The number of aromatic nitrogens is 2. The maximum absolute atomic E-state index is 12.7. The summed E-state index contributed by atoms with van der Waals surface area (Å²) in [6, 6.07) is 2.03. The van der Waals surface area contributed by atoms with Crippen molar-refractivity contribution in [3.63, 3.8) is 0 Å². The highest BCUT2D eigenvalue weighted by atomic mass is 16.6. The maximum Gasteiger partial charge on any atom is 0.407 e. The molecule has 2 heterocycles. The molecule has 0 spiro atoms. The fraction of sp³-hybridized carbons (Fsp3) is 0.773. The molecule has 8 nitrogen and oxygen atoms in total. The van der Waals surface area contributed by atoms with Gasteiger partial charge in [-0.15, -0.1) is 0 Å². The quantitative estimate of drug-likeness (QED) is 0.756. The van der Waals surface area contributed by atoms with Crippen LogP contribution in [0.2, 0.25) is 0 Å². The van der Waals surface area contributed by atoms with Crippen molar-refractivity contribution in [1.82, 2.24) is 15.1 Å². The van der Waals surface area contributed by atoms with E-state index < -0.39 is 0 Å². The number of ether oxygens (including phenoxy) is 2. The van der Waals surface area contributed by atoms with E-state index in [4.69, 9.17) is 14.6 Å². The fourth-order valence-corrected chi connectivity index (χ4v) is 4.11. The molecule has 1 aromatic heterocycles. The van der Waals surface area contributed by atoms with Crippen molar-refractivity contribution < 1.29 is 19.1 Å². The zero-order valence-corrected chi connectivity index (χ0v) is 18.9. The van der Waals surface area contributed by atoms with Crippen molar-refractivity contribution >= 4 is 17.8 Å². The van der Waals surface area contributed by atoms with Gasteiger partial charge in [0.2, 0.25) is 5.91 Å². The lowest BCUT2D eigenvalue weighted by molar-refractivity contribution is -0.123. The van der Waals surface area contributed by atoms with E-state index in [2.05, 4.69) is 31.4 Å². The Bertz CT molecular complexity index is 747. The molecule has 2 amide bonds. The van der Waals surface area contributed by atoms with Crippen molar-refractivity contribution in [2.24, 2.45) is 5.92 Å². The molecule has 2 fully saturated rings. The van der Waals surface area contributed by atoms with Crippen LogP contribution < -0.4 is 10.6 Å². The van der Waals surface area contributed by atoms with Crippen molar-refractivity contribution in [2.45, 2.75) is 90.3 Å². The summed E-state index contributed by atoms with van der Waals surface area (Å²) in [5.74, 6) is 0.799. The molecule has 2 N–H and O–H groups in total. The van der Waals surface area contributed by atoms with Gasteiger partial charge in [-0.05, 0) is 66.7 Å². The SMILES string of the molecule is CC(C)NC(=O)O[C@@H]1CC[C@H](c2cc(NC(=O)C3CCCOC3)n(C(C)(C)C)n2)C1. The molecule has 2 aliphatic rings. The number of nitrogens with zero attached hydrogens (tertiary/aromatic N) is 2. The average molecular weight is 421 g/mol. The monoisotopic (exact) mass is 420 g/mol. The van der Waals surface area contributed by atoms with Crippen molar-refractivity contribution in [3.05, 3.63) is 11.8 Å². The number of rotatable bonds is 5. The Morgan fingerprint density at radius 2 is 2.03 bits per heavy atom. The Kier molecular flexibility index (Phi) is 7.06. The number of nitrogens with one attached hydrogen (secondary N) is 2. The van der Waals surface area contributed by atoms with Gasteiger partial charge in [0, 0.05) is 24.6 Å². The van der Waals surface area contributed by atoms with Gasteiger partial charge in [-0.3, -0.25) is 4.79 Å². The number of hydrogen-bond donors (Lipinski definition) is 2. The third kappa shape index (κ3) is 5.74. The summed E-state index contributed by atoms with van der Waals surface area (Å²) < 4.78 is 12.9. The molecular weight excluding hydrogens is 384 g/mol. The summed E-state index contributed by atoms with van der Waals surface area (Å²) in [6.45, 7) is 11.2. The predicted molar refractivity (Wildman–Crippen MR) is 115 cm³/mol. The Morgan fingerprint density at radius 3 is 2.67 bits per heavy atom. The number of carbonyl (C=O) groups is 2. The van der Waals surface area contributed by atoms with Gasteiger partial charge in [0.25, 0.3) is 0 Å². The van der Waals surface area contributed by atoms with E-state index >= 15 is 0 Å². The van der Waals surface area contributed by atoms with Crippen LogP contribution in [-0.2, 0) is 19.8 Å². The molecule has 1 unspecified atom stereocenters. The minimum absolute atomic E-state index is 0.00959. The molecule has 0 aromatic carbocycles. The first-order valence-corrected chi connectivity index (χ1v) is 11.1. The molecule has 168 valence electrons. The Balaban J connectivity index is 1.68. The molecule has 30 heavy (non-hydrogen) atoms. The molecule has 8 heteroatoms. The van der Waals surface area contributed by atoms with Gasteiger partial charge in [-0.1, -0.05) is 0 Å². The number of hydrogen-bond acceptors (Lipinski definition) is 5. The minimum Gasteiger partial charge on any atom is -0.446 e. The highest BCUT2D eigenvalue weighted by molar-refractivity contribution is 5.92. The lowest BCUT2D eigenvalue weighted by atomic mass is 10.0. The highest BCUT2D eigenvalue weighted by Crippen LogP contribution is 2.37. The summed E-state index contributed by atoms with van der Waals surface area (Å²) in [5, 5.41) is 10.7. The Hall–Kier alpha value is -2.09. The number of amides is 2. The van der Waals surface area contributed by atoms with E-state index in [1.165, 1.54) is 0 Å². The lowest BCUT2D eigenvalue weighted by Crippen LogP contribution is -2.33. The molecule has 1 aliphatic carbocycles. The van der Waals surface area contributed by atoms with Crippen LogP contribution in [0.25, 0.3) is 0 Å². The van der Waals surface area contributed by atoms with Crippen LogP contribution >= 0.6 is 0 Å². The Morgan fingerprint density at radius 1 is 1.27 bits per heavy atom. The minimum atomic E-state index is -0.362. The molecular formula is C22H36N4O4. The van der Waals surface area contributed by atoms with E-state index in [0.717, 1.165) is 50.2 Å². The maximum atomic E-state index is 12.7. The van der Waals surface area contributed by atoms with E-state index in [1.807, 2.05) is 24.6 Å². The average Bonchev–Trinajstić information content (AvgIpc) is 3.28. The summed E-state index contributed by atoms with van der Waals surface area (Å²) in [5.41, 5.74) is 0.672. The standard InChI is InChI=1S/C22H36N4O4/c1-14(2)23-21(28)30-17-9-8-15(11-17)18-12-19(26(25-18)22(3,4)5)24-20(27)16-7-6-10-29-13-16/h12,14-17H,6-11,13H2,1-5H3,(H,23,28)(H,24,27)/t15-,16?,17+/m0/s1. The van der Waals surface area contributed by atoms with Crippen LogP contribution in [0, 0.1) is 5.92 Å². The van der Waals surface area contributed by atoms with Crippen molar-refractivity contribution in [3.8, 4) is 0 Å². The molecule has 1 aromatic rings. The topological polar surface area (TPSA) is 94.5 Å². The number of anilines is 1. The first-order chi connectivity index (χ1) is 14.1. The van der Waals surface area contributed by atoms with Crippen molar-refractivity contribution in [2.75, 3.05) is 18.5 Å². The largest absolute Gasteiger partial charge is 0.446 e. The van der Waals surface area contributed by atoms with Crippen LogP contribution in [0.5, 0.6) is 0 Å². The van der Waals surface area contributed by atoms with Gasteiger partial charge in [-0.25, -0.2) is 9.48 Å². The summed E-state index contributed by atoms with van der Waals surface area (Å²) in [4.78, 5) is 24.6. The van der Waals surface area contributed by atoms with Gasteiger partial charge >= 0.3 is 6.09 Å². The van der Waals surface area contributed by atoms with Crippen LogP contribution in [0.15, 0.2) is 6.07 Å². The zero-order chi connectivity index (χ0) is 21.9. The van der Waals surface area contributed by atoms with Crippen molar-refractivity contribution in [1.29, 1.82) is 0 Å². The predicted octanol–water partition coefficient (Wildman–Crippen LogP) is 3.77. The van der Waals surface area contributed by atoms with E-state index in [-0.39, 0.29) is 41.5 Å². The van der Waals surface area contributed by atoms with Crippen LogP contribution in [0.4, 0.5) is 10.6 Å². The van der Waals surface area contributed by atoms with Gasteiger partial charge in [0.05, 0.1) is 23.8 Å². The van der Waals surface area contributed by atoms with Crippen LogP contribution in [0.3, 0.4) is 0 Å². The van der Waals surface area contributed by atoms with E-state index in [1.54, 1.807) is 0 Å². The molecule has 0 radical (unpaired) electrons. The molecule has 0 bridgehead atoms. The summed E-state index contributed by atoms with van der Waals surface area (Å²) >= 11 is 0. The first-order valence-electron chi connectivity index (χ1n) is 11.1. The second-order valence-electron chi connectivity index (χ2n) is 9.78. The Labute approximate surface area is 179 Å². The van der Waals surface area contributed by atoms with Gasteiger partial charge in [0.15, 0.2) is 0 Å². The summed E-state index contributed by atoms with van der Waals surface area (Å²) in [7, 11) is 0. The van der Waals surface area contributed by atoms with Gasteiger partial charge in [0.1, 0.15) is 11.9 Å².